The lowest BCUT2D eigenvalue weighted by Gasteiger charge is -2.40. The maximum atomic E-state index is 12.0. The summed E-state index contributed by atoms with van der Waals surface area (Å²) in [7, 11) is 1.40. The number of hydrogen-bond acceptors (Lipinski definition) is 4. The van der Waals surface area contributed by atoms with E-state index in [0.29, 0.717) is 19.0 Å². The molecule has 1 heterocycles. The smallest absolute Gasteiger partial charge is 0.410 e. The van der Waals surface area contributed by atoms with Crippen LogP contribution in [0.25, 0.3) is 0 Å². The summed E-state index contributed by atoms with van der Waals surface area (Å²) in [5, 5.41) is 0. The summed E-state index contributed by atoms with van der Waals surface area (Å²) >= 11 is 0. The summed E-state index contributed by atoms with van der Waals surface area (Å²) in [4.78, 5) is 25.5. The van der Waals surface area contributed by atoms with E-state index in [4.69, 9.17) is 9.47 Å². The lowest BCUT2D eigenvalue weighted by Crippen LogP contribution is -2.50. The number of carbonyl (C=O) groups is 2. The molecule has 1 saturated heterocycles. The number of benzene rings is 1. The summed E-state index contributed by atoms with van der Waals surface area (Å²) in [5.74, 6) is 0.0582. The van der Waals surface area contributed by atoms with Crippen LogP contribution < -0.4 is 0 Å². The molecule has 0 saturated carbocycles. The zero-order valence-corrected chi connectivity index (χ0v) is 15.4. The summed E-state index contributed by atoms with van der Waals surface area (Å²) in [5.41, 5.74) is 0.944. The Morgan fingerprint density at radius 2 is 1.58 bits per heavy atom. The predicted octanol–water partition coefficient (Wildman–Crippen LogP) is 3.47. The lowest BCUT2D eigenvalue weighted by atomic mass is 9.82. The van der Waals surface area contributed by atoms with Crippen LogP contribution in [-0.2, 0) is 19.7 Å². The van der Waals surface area contributed by atoms with Gasteiger partial charge in [0.15, 0.2) is 0 Å². The van der Waals surface area contributed by atoms with Gasteiger partial charge in [-0.2, -0.15) is 0 Å². The molecular formula is C19H27NO4. The van der Waals surface area contributed by atoms with Crippen molar-refractivity contribution in [2.24, 2.45) is 0 Å². The summed E-state index contributed by atoms with van der Waals surface area (Å²) in [6.45, 7) is 10.6. The maximum absolute atomic E-state index is 12.0. The molecule has 0 radical (unpaired) electrons. The van der Waals surface area contributed by atoms with E-state index >= 15 is 0 Å². The van der Waals surface area contributed by atoms with Gasteiger partial charge in [0.25, 0.3) is 0 Å². The van der Waals surface area contributed by atoms with E-state index in [1.54, 1.807) is 4.90 Å². The molecule has 0 atom stereocenters. The SMILES string of the molecule is COC(=O)C(C)(C)c1ccc(C2CN(C(=O)OC(C)(C)C)C2)cc1. The minimum Gasteiger partial charge on any atom is -0.468 e. The molecule has 1 fully saturated rings. The molecule has 0 aromatic heterocycles. The van der Waals surface area contributed by atoms with E-state index < -0.39 is 11.0 Å². The fourth-order valence-electron chi connectivity index (χ4n) is 2.71. The highest BCUT2D eigenvalue weighted by atomic mass is 16.6. The maximum Gasteiger partial charge on any atom is 0.410 e. The van der Waals surface area contributed by atoms with Gasteiger partial charge in [-0.05, 0) is 45.7 Å². The topological polar surface area (TPSA) is 55.8 Å². The van der Waals surface area contributed by atoms with Crippen LogP contribution in [0.1, 0.15) is 51.7 Å². The first-order valence-corrected chi connectivity index (χ1v) is 8.21. The van der Waals surface area contributed by atoms with Gasteiger partial charge in [-0.1, -0.05) is 24.3 Å². The molecule has 0 aliphatic carbocycles. The standard InChI is InChI=1S/C19H27NO4/c1-18(2,3)24-17(22)20-11-14(12-20)13-7-9-15(10-8-13)19(4,5)16(21)23-6/h7-10,14H,11-12H2,1-6H3. The molecule has 1 aromatic carbocycles. The van der Waals surface area contributed by atoms with Crippen molar-refractivity contribution in [1.82, 2.24) is 4.90 Å². The molecule has 0 unspecified atom stereocenters. The highest BCUT2D eigenvalue weighted by Crippen LogP contribution is 2.31. The van der Waals surface area contributed by atoms with E-state index in [2.05, 4.69) is 0 Å². The second-order valence-electron chi connectivity index (χ2n) is 7.82. The highest BCUT2D eigenvalue weighted by molar-refractivity contribution is 5.82. The molecule has 5 heteroatoms. The first kappa shape index (κ1) is 18.3. The third-order valence-corrected chi connectivity index (χ3v) is 4.33. The molecule has 132 valence electrons. The van der Waals surface area contributed by atoms with Crippen molar-refractivity contribution >= 4 is 12.1 Å². The number of ether oxygens (including phenoxy) is 2. The van der Waals surface area contributed by atoms with Gasteiger partial charge in [0.05, 0.1) is 12.5 Å². The second-order valence-corrected chi connectivity index (χ2v) is 7.82. The fraction of sp³-hybridized carbons (Fsp3) is 0.579. The Morgan fingerprint density at radius 3 is 2.04 bits per heavy atom. The number of rotatable bonds is 3. The minimum atomic E-state index is -0.671. The van der Waals surface area contributed by atoms with Crippen molar-refractivity contribution in [2.45, 2.75) is 51.6 Å². The molecule has 24 heavy (non-hydrogen) atoms. The highest BCUT2D eigenvalue weighted by Gasteiger charge is 2.35. The minimum absolute atomic E-state index is 0.255. The molecule has 1 aromatic rings. The number of likely N-dealkylation sites (tertiary alicyclic amines) is 1. The van der Waals surface area contributed by atoms with Crippen LogP contribution in [0.4, 0.5) is 4.79 Å². The van der Waals surface area contributed by atoms with Crippen LogP contribution in [0.5, 0.6) is 0 Å². The Balaban J connectivity index is 1.97. The summed E-state index contributed by atoms with van der Waals surface area (Å²) in [6.07, 6.45) is -0.262. The van der Waals surface area contributed by atoms with Crippen molar-refractivity contribution in [2.75, 3.05) is 20.2 Å². The average Bonchev–Trinajstić information content (AvgIpc) is 2.43. The van der Waals surface area contributed by atoms with Crippen LogP contribution in [0, 0.1) is 0 Å². The molecule has 1 amide bonds. The van der Waals surface area contributed by atoms with Gasteiger partial charge in [-0.25, -0.2) is 4.79 Å². The van der Waals surface area contributed by atoms with Gasteiger partial charge in [0, 0.05) is 19.0 Å². The van der Waals surface area contributed by atoms with E-state index in [1.807, 2.05) is 58.9 Å². The zero-order valence-electron chi connectivity index (χ0n) is 15.4. The number of nitrogens with zero attached hydrogens (tertiary/aromatic N) is 1. The molecule has 0 N–H and O–H groups in total. The van der Waals surface area contributed by atoms with E-state index in [9.17, 15) is 9.59 Å². The largest absolute Gasteiger partial charge is 0.468 e. The van der Waals surface area contributed by atoms with Crippen LogP contribution >= 0.6 is 0 Å². The van der Waals surface area contributed by atoms with E-state index in [1.165, 1.54) is 12.7 Å². The number of hydrogen-bond donors (Lipinski definition) is 0. The van der Waals surface area contributed by atoms with Crippen LogP contribution in [0.2, 0.25) is 0 Å². The van der Waals surface area contributed by atoms with Crippen molar-refractivity contribution < 1.29 is 19.1 Å². The third-order valence-electron chi connectivity index (χ3n) is 4.33. The van der Waals surface area contributed by atoms with Gasteiger partial charge in [0.1, 0.15) is 5.60 Å². The van der Waals surface area contributed by atoms with E-state index in [0.717, 1.165) is 5.56 Å². The quantitative estimate of drug-likeness (QED) is 0.795. The molecule has 0 bridgehead atoms. The molecule has 5 nitrogen and oxygen atoms in total. The third kappa shape index (κ3) is 3.89. The van der Waals surface area contributed by atoms with Crippen molar-refractivity contribution in [3.63, 3.8) is 0 Å². The number of carbonyl (C=O) groups excluding carboxylic acids is 2. The Kier molecular flexibility index (Phi) is 4.92. The second kappa shape index (κ2) is 6.46. The normalized spacial score (nSPS) is 15.7. The van der Waals surface area contributed by atoms with Crippen LogP contribution in [0.15, 0.2) is 24.3 Å². The average molecular weight is 333 g/mol. The van der Waals surface area contributed by atoms with Gasteiger partial charge < -0.3 is 14.4 Å². The van der Waals surface area contributed by atoms with Gasteiger partial charge in [0.2, 0.25) is 0 Å². The zero-order chi connectivity index (χ0) is 18.1. The predicted molar refractivity (Wildman–Crippen MR) is 92.0 cm³/mol. The van der Waals surface area contributed by atoms with Crippen LogP contribution in [0.3, 0.4) is 0 Å². The van der Waals surface area contributed by atoms with Gasteiger partial charge in [-0.15, -0.1) is 0 Å². The Morgan fingerprint density at radius 1 is 1.04 bits per heavy atom. The van der Waals surface area contributed by atoms with E-state index in [-0.39, 0.29) is 12.1 Å². The molecule has 0 spiro atoms. The number of esters is 1. The molecule has 1 aliphatic rings. The lowest BCUT2D eigenvalue weighted by molar-refractivity contribution is -0.146. The Hall–Kier alpha value is -2.04. The molecule has 1 aliphatic heterocycles. The molecular weight excluding hydrogens is 306 g/mol. The Labute approximate surface area is 143 Å². The van der Waals surface area contributed by atoms with Crippen LogP contribution in [-0.4, -0.2) is 42.8 Å². The summed E-state index contributed by atoms with van der Waals surface area (Å²) < 4.78 is 10.2. The van der Waals surface area contributed by atoms with Crippen molar-refractivity contribution in [3.05, 3.63) is 35.4 Å². The molecule has 2 rings (SSSR count). The number of amides is 1. The summed E-state index contributed by atoms with van der Waals surface area (Å²) in [6, 6.07) is 7.97. The first-order valence-electron chi connectivity index (χ1n) is 8.21. The van der Waals surface area contributed by atoms with Gasteiger partial charge in [-0.3, -0.25) is 4.79 Å². The monoisotopic (exact) mass is 333 g/mol. The fourth-order valence-corrected chi connectivity index (χ4v) is 2.71. The van der Waals surface area contributed by atoms with Crippen molar-refractivity contribution in [1.29, 1.82) is 0 Å². The van der Waals surface area contributed by atoms with Crippen molar-refractivity contribution in [3.8, 4) is 0 Å². The van der Waals surface area contributed by atoms with Gasteiger partial charge >= 0.3 is 12.1 Å². The number of methoxy groups -OCH3 is 1. The Bertz CT molecular complexity index is 607. The first-order chi connectivity index (χ1) is 11.0.